The van der Waals surface area contributed by atoms with Crippen molar-refractivity contribution >= 4 is 33.2 Å². The standard InChI is InChI=1S/C47H46N2/c1-6-15-40(34(4)16-12-17-35(5)45-28-27-39(32-49-45)38-20-14-29-48-31-38)47-43-23-10-8-21-41(43)46(42-22-9-11-24-44(42)47)37-19-13-18-36(30-37)26-25-33(3)7-2/h6,8-16,18-33,35H,7,17H2,1-5H3/b15-6-,16-12-,26-25-,40-34-. The lowest BCUT2D eigenvalue weighted by Crippen LogP contribution is -1.96. The summed E-state index contributed by atoms with van der Waals surface area (Å²) in [6.45, 7) is 11.1. The van der Waals surface area contributed by atoms with Crippen LogP contribution in [0.1, 0.15) is 70.2 Å². The Balaban J connectivity index is 1.38. The summed E-state index contributed by atoms with van der Waals surface area (Å²) in [5.74, 6) is 0.858. The number of rotatable bonds is 11. The summed E-state index contributed by atoms with van der Waals surface area (Å²) in [4.78, 5) is 9.05. The molecular formula is C47H46N2. The molecule has 6 rings (SSSR count). The topological polar surface area (TPSA) is 25.8 Å². The fraction of sp³-hybridized carbons (Fsp3) is 0.191. The zero-order valence-corrected chi connectivity index (χ0v) is 29.4. The van der Waals surface area contributed by atoms with Gasteiger partial charge in [-0.1, -0.05) is 143 Å². The number of pyridine rings is 2. The van der Waals surface area contributed by atoms with Crippen molar-refractivity contribution in [3.63, 3.8) is 0 Å². The van der Waals surface area contributed by atoms with Gasteiger partial charge in [-0.3, -0.25) is 9.97 Å². The van der Waals surface area contributed by atoms with Crippen LogP contribution in [0.2, 0.25) is 0 Å². The van der Waals surface area contributed by atoms with Gasteiger partial charge in [0, 0.05) is 41.3 Å². The van der Waals surface area contributed by atoms with E-state index in [1.54, 1.807) is 6.20 Å². The largest absolute Gasteiger partial charge is 0.264 e. The Labute approximate surface area is 292 Å². The Morgan fingerprint density at radius 1 is 0.735 bits per heavy atom. The van der Waals surface area contributed by atoms with Crippen LogP contribution >= 0.6 is 0 Å². The normalized spacial score (nSPS) is 13.9. The first kappa shape index (κ1) is 33.6. The molecule has 0 amide bonds. The van der Waals surface area contributed by atoms with Crippen LogP contribution in [-0.2, 0) is 0 Å². The predicted octanol–water partition coefficient (Wildman–Crippen LogP) is 13.3. The van der Waals surface area contributed by atoms with Crippen LogP contribution in [-0.4, -0.2) is 9.97 Å². The molecule has 0 N–H and O–H groups in total. The number of nitrogens with zero attached hydrogens (tertiary/aromatic N) is 2. The van der Waals surface area contributed by atoms with Crippen LogP contribution in [0.5, 0.6) is 0 Å². The summed E-state index contributed by atoms with van der Waals surface area (Å²) >= 11 is 0. The van der Waals surface area contributed by atoms with Crippen molar-refractivity contribution in [2.24, 2.45) is 5.92 Å². The van der Waals surface area contributed by atoms with E-state index < -0.39 is 0 Å². The molecule has 2 nitrogen and oxygen atoms in total. The highest BCUT2D eigenvalue weighted by atomic mass is 14.7. The Morgan fingerprint density at radius 2 is 1.43 bits per heavy atom. The van der Waals surface area contributed by atoms with Gasteiger partial charge >= 0.3 is 0 Å². The van der Waals surface area contributed by atoms with Crippen molar-refractivity contribution in [2.75, 3.05) is 0 Å². The van der Waals surface area contributed by atoms with Gasteiger partial charge in [0.25, 0.3) is 0 Å². The number of fused-ring (bicyclic) bond motifs is 2. The number of allylic oxidation sites excluding steroid dienone is 7. The zero-order valence-electron chi connectivity index (χ0n) is 29.4. The van der Waals surface area contributed by atoms with Gasteiger partial charge in [-0.05, 0) is 99.3 Å². The second kappa shape index (κ2) is 15.7. The van der Waals surface area contributed by atoms with E-state index in [4.69, 9.17) is 4.98 Å². The maximum atomic E-state index is 4.80. The number of aromatic nitrogens is 2. The van der Waals surface area contributed by atoms with E-state index in [0.29, 0.717) is 11.8 Å². The summed E-state index contributed by atoms with van der Waals surface area (Å²) in [5.41, 5.74) is 10.8. The molecule has 0 fully saturated rings. The lowest BCUT2D eigenvalue weighted by molar-refractivity contribution is 0.701. The molecule has 6 aromatic rings. The first-order chi connectivity index (χ1) is 24.0. The fourth-order valence-corrected chi connectivity index (χ4v) is 6.58. The van der Waals surface area contributed by atoms with Crippen LogP contribution in [0.15, 0.2) is 152 Å². The van der Waals surface area contributed by atoms with E-state index in [2.05, 4.69) is 167 Å². The van der Waals surface area contributed by atoms with E-state index >= 15 is 0 Å². The van der Waals surface area contributed by atoms with Crippen LogP contribution < -0.4 is 0 Å². The SMILES string of the molecule is C\C=C/C(=C(C)/C=C\CC(C)c1ccc(-c2cccnc2)cn1)c1c2ccccc2c(-c2cccc(/C=C\C(C)CC)c2)c2ccccc12. The van der Waals surface area contributed by atoms with Crippen molar-refractivity contribution < 1.29 is 0 Å². The van der Waals surface area contributed by atoms with E-state index in [-0.39, 0.29) is 0 Å². The van der Waals surface area contributed by atoms with E-state index in [0.717, 1.165) is 29.7 Å². The highest BCUT2D eigenvalue weighted by Crippen LogP contribution is 2.43. The molecule has 2 heteroatoms. The maximum absolute atomic E-state index is 4.80. The van der Waals surface area contributed by atoms with Gasteiger partial charge in [0.2, 0.25) is 0 Å². The van der Waals surface area contributed by atoms with Crippen molar-refractivity contribution in [2.45, 2.75) is 53.4 Å². The van der Waals surface area contributed by atoms with Gasteiger partial charge in [-0.15, -0.1) is 0 Å². The quantitative estimate of drug-likeness (QED) is 0.104. The molecule has 2 aromatic heterocycles. The molecule has 2 atom stereocenters. The molecule has 0 spiro atoms. The molecule has 244 valence electrons. The second-order valence-electron chi connectivity index (χ2n) is 13.1. The smallest absolute Gasteiger partial charge is 0.0435 e. The van der Waals surface area contributed by atoms with E-state index in [1.807, 2.05) is 18.5 Å². The molecular weight excluding hydrogens is 593 g/mol. The predicted molar refractivity (Wildman–Crippen MR) is 212 cm³/mol. The summed E-state index contributed by atoms with van der Waals surface area (Å²) in [7, 11) is 0. The highest BCUT2D eigenvalue weighted by Gasteiger charge is 2.18. The molecule has 49 heavy (non-hydrogen) atoms. The Morgan fingerprint density at radius 3 is 2.06 bits per heavy atom. The third-order valence-corrected chi connectivity index (χ3v) is 9.54. The van der Waals surface area contributed by atoms with Crippen LogP contribution in [0.25, 0.3) is 55.4 Å². The Kier molecular flexibility index (Phi) is 10.8. The summed E-state index contributed by atoms with van der Waals surface area (Å²) < 4.78 is 0. The lowest BCUT2D eigenvalue weighted by atomic mass is 9.84. The third kappa shape index (κ3) is 7.55. The van der Waals surface area contributed by atoms with Gasteiger partial charge in [0.15, 0.2) is 0 Å². The third-order valence-electron chi connectivity index (χ3n) is 9.54. The van der Waals surface area contributed by atoms with Crippen molar-refractivity contribution in [1.29, 1.82) is 0 Å². The van der Waals surface area contributed by atoms with Crippen molar-refractivity contribution in [3.05, 3.63) is 168 Å². The van der Waals surface area contributed by atoms with Gasteiger partial charge in [0.1, 0.15) is 0 Å². The molecule has 0 aliphatic carbocycles. The average Bonchev–Trinajstić information content (AvgIpc) is 3.15. The van der Waals surface area contributed by atoms with E-state index in [1.165, 1.54) is 54.9 Å². The minimum atomic E-state index is 0.300. The van der Waals surface area contributed by atoms with Gasteiger partial charge in [-0.25, -0.2) is 0 Å². The molecule has 0 saturated carbocycles. The fourth-order valence-electron chi connectivity index (χ4n) is 6.58. The van der Waals surface area contributed by atoms with Gasteiger partial charge in [0.05, 0.1) is 0 Å². The summed E-state index contributed by atoms with van der Waals surface area (Å²) in [5, 5.41) is 5.08. The average molecular weight is 639 g/mol. The van der Waals surface area contributed by atoms with Crippen LogP contribution in [0.3, 0.4) is 0 Å². The van der Waals surface area contributed by atoms with Gasteiger partial charge in [-0.2, -0.15) is 0 Å². The van der Waals surface area contributed by atoms with Crippen LogP contribution in [0.4, 0.5) is 0 Å². The minimum absolute atomic E-state index is 0.300. The number of hydrogen-bond donors (Lipinski definition) is 0. The lowest BCUT2D eigenvalue weighted by Gasteiger charge is -2.19. The number of hydrogen-bond acceptors (Lipinski definition) is 2. The molecule has 0 bridgehead atoms. The first-order valence-electron chi connectivity index (χ1n) is 17.6. The monoisotopic (exact) mass is 638 g/mol. The number of benzene rings is 4. The minimum Gasteiger partial charge on any atom is -0.264 e. The molecule has 4 aromatic carbocycles. The second-order valence-corrected chi connectivity index (χ2v) is 13.1. The van der Waals surface area contributed by atoms with Crippen LogP contribution in [0, 0.1) is 5.92 Å². The molecule has 0 radical (unpaired) electrons. The first-order valence-corrected chi connectivity index (χ1v) is 17.6. The Bertz CT molecular complexity index is 2110. The molecule has 0 saturated heterocycles. The molecule has 2 unspecified atom stereocenters. The zero-order chi connectivity index (χ0) is 34.2. The molecule has 0 aliphatic rings. The van der Waals surface area contributed by atoms with Crippen molar-refractivity contribution in [3.8, 4) is 22.3 Å². The maximum Gasteiger partial charge on any atom is 0.0435 e. The highest BCUT2D eigenvalue weighted by molar-refractivity contribution is 6.19. The van der Waals surface area contributed by atoms with Gasteiger partial charge < -0.3 is 0 Å². The summed E-state index contributed by atoms with van der Waals surface area (Å²) in [6, 6.07) is 35.1. The van der Waals surface area contributed by atoms with E-state index in [9.17, 15) is 0 Å². The Hall–Kier alpha value is -5.34. The molecule has 2 heterocycles. The summed E-state index contributed by atoms with van der Waals surface area (Å²) in [6.07, 6.45) is 21.3. The molecule has 0 aliphatic heterocycles. The van der Waals surface area contributed by atoms with Crippen molar-refractivity contribution in [1.82, 2.24) is 9.97 Å².